The lowest BCUT2D eigenvalue weighted by Gasteiger charge is -2.26. The highest BCUT2D eigenvalue weighted by atomic mass is 16.6. The van der Waals surface area contributed by atoms with E-state index < -0.39 is 5.60 Å². The fraction of sp³-hybridized carbons (Fsp3) is 0.647. The number of aryl methyl sites for hydroxylation is 1. The van der Waals surface area contributed by atoms with Crippen LogP contribution in [0.15, 0.2) is 18.3 Å². The normalized spacial score (nSPS) is 26.7. The molecule has 1 aliphatic heterocycles. The van der Waals surface area contributed by atoms with Crippen LogP contribution in [-0.4, -0.2) is 40.7 Å². The van der Waals surface area contributed by atoms with Gasteiger partial charge in [-0.2, -0.15) is 0 Å². The van der Waals surface area contributed by atoms with Gasteiger partial charge in [0.25, 0.3) is 0 Å². The lowest BCUT2D eigenvalue weighted by atomic mass is 10.2. The third-order valence-electron chi connectivity index (χ3n) is 4.34. The molecule has 0 aromatic carbocycles. The van der Waals surface area contributed by atoms with E-state index >= 15 is 0 Å². The van der Waals surface area contributed by atoms with Crippen LogP contribution in [0.1, 0.15) is 32.0 Å². The average Bonchev–Trinajstić information content (AvgIpc) is 2.88. The first-order valence-electron chi connectivity index (χ1n) is 7.96. The number of amides is 1. The van der Waals surface area contributed by atoms with E-state index in [4.69, 9.17) is 4.74 Å². The highest BCUT2D eigenvalue weighted by Gasteiger charge is 2.56. The Morgan fingerprint density at radius 1 is 1.36 bits per heavy atom. The minimum Gasteiger partial charge on any atom is -0.444 e. The fourth-order valence-electron chi connectivity index (χ4n) is 3.13. The molecule has 1 saturated heterocycles. The molecule has 2 aliphatic rings. The number of aromatic nitrogens is 1. The third kappa shape index (κ3) is 3.40. The number of nitrogens with zero attached hydrogens (tertiary/aromatic N) is 2. The second-order valence-corrected chi connectivity index (χ2v) is 7.45. The molecule has 3 rings (SSSR count). The predicted octanol–water partition coefficient (Wildman–Crippen LogP) is 2.34. The van der Waals surface area contributed by atoms with Gasteiger partial charge in [0, 0.05) is 31.9 Å². The molecular formula is C17H25N3O2. The van der Waals surface area contributed by atoms with Crippen molar-refractivity contribution in [2.75, 3.05) is 13.1 Å². The fourth-order valence-corrected chi connectivity index (χ4v) is 3.13. The van der Waals surface area contributed by atoms with E-state index in [1.807, 2.05) is 38.8 Å². The second kappa shape index (κ2) is 5.54. The van der Waals surface area contributed by atoms with Gasteiger partial charge in [-0.25, -0.2) is 4.79 Å². The summed E-state index contributed by atoms with van der Waals surface area (Å²) in [6, 6.07) is 4.66. The van der Waals surface area contributed by atoms with Crippen molar-refractivity contribution in [3.05, 3.63) is 29.6 Å². The van der Waals surface area contributed by atoms with Crippen LogP contribution in [-0.2, 0) is 11.3 Å². The van der Waals surface area contributed by atoms with Crippen molar-refractivity contribution >= 4 is 6.09 Å². The topological polar surface area (TPSA) is 54.5 Å². The highest BCUT2D eigenvalue weighted by Crippen LogP contribution is 2.45. The molecule has 120 valence electrons. The molecule has 2 fully saturated rings. The number of rotatable bonds is 3. The Balaban J connectivity index is 1.43. The lowest BCUT2D eigenvalue weighted by molar-refractivity contribution is 0.0269. The minimum atomic E-state index is -0.418. The van der Waals surface area contributed by atoms with Crippen molar-refractivity contribution in [3.8, 4) is 0 Å². The number of hydrogen-bond acceptors (Lipinski definition) is 4. The molecule has 0 radical (unpaired) electrons. The molecule has 5 nitrogen and oxygen atoms in total. The smallest absolute Gasteiger partial charge is 0.410 e. The molecule has 1 aromatic rings. The summed E-state index contributed by atoms with van der Waals surface area (Å²) >= 11 is 0. The van der Waals surface area contributed by atoms with Gasteiger partial charge in [0.15, 0.2) is 0 Å². The van der Waals surface area contributed by atoms with E-state index in [-0.39, 0.29) is 6.09 Å². The number of fused-ring (bicyclic) bond motifs is 1. The maximum absolute atomic E-state index is 12.0. The molecule has 22 heavy (non-hydrogen) atoms. The summed E-state index contributed by atoms with van der Waals surface area (Å²) in [5.74, 6) is 1.14. The largest absolute Gasteiger partial charge is 0.444 e. The van der Waals surface area contributed by atoms with Crippen LogP contribution in [0.2, 0.25) is 0 Å². The first-order valence-corrected chi connectivity index (χ1v) is 7.96. The summed E-state index contributed by atoms with van der Waals surface area (Å²) < 4.78 is 5.42. The van der Waals surface area contributed by atoms with E-state index in [1.54, 1.807) is 0 Å². The molecule has 5 heteroatoms. The van der Waals surface area contributed by atoms with E-state index in [2.05, 4.69) is 22.4 Å². The van der Waals surface area contributed by atoms with Gasteiger partial charge < -0.3 is 15.0 Å². The first kappa shape index (κ1) is 15.3. The Labute approximate surface area is 132 Å². The standard InChI is InChI=1S/C17H25N3O2/c1-11-5-6-12(18-7-11)8-19-15-13-9-20(10-14(13)15)16(21)22-17(2,3)4/h5-7,13-15,19H,8-10H2,1-4H3. The van der Waals surface area contributed by atoms with Gasteiger partial charge in [-0.3, -0.25) is 4.98 Å². The molecule has 2 unspecified atom stereocenters. The Morgan fingerprint density at radius 3 is 2.59 bits per heavy atom. The number of hydrogen-bond donors (Lipinski definition) is 1. The maximum atomic E-state index is 12.0. The van der Waals surface area contributed by atoms with E-state index in [1.165, 1.54) is 5.56 Å². The zero-order valence-corrected chi connectivity index (χ0v) is 13.8. The van der Waals surface area contributed by atoms with Crippen LogP contribution in [0.5, 0.6) is 0 Å². The molecule has 1 aromatic heterocycles. The van der Waals surface area contributed by atoms with Gasteiger partial charge in [-0.15, -0.1) is 0 Å². The molecule has 1 aliphatic carbocycles. The first-order chi connectivity index (χ1) is 10.3. The van der Waals surface area contributed by atoms with Gasteiger partial charge in [-0.1, -0.05) is 6.07 Å². The number of carbonyl (C=O) groups is 1. The van der Waals surface area contributed by atoms with Gasteiger partial charge in [0.05, 0.1) is 5.69 Å². The van der Waals surface area contributed by atoms with E-state index in [0.29, 0.717) is 17.9 Å². The molecule has 1 amide bonds. The van der Waals surface area contributed by atoms with Crippen LogP contribution in [0.25, 0.3) is 0 Å². The van der Waals surface area contributed by atoms with Crippen LogP contribution < -0.4 is 5.32 Å². The van der Waals surface area contributed by atoms with Crippen LogP contribution in [0.3, 0.4) is 0 Å². The summed E-state index contributed by atoms with van der Waals surface area (Å²) in [7, 11) is 0. The quantitative estimate of drug-likeness (QED) is 0.931. The van der Waals surface area contributed by atoms with E-state index in [9.17, 15) is 4.79 Å². The maximum Gasteiger partial charge on any atom is 0.410 e. The van der Waals surface area contributed by atoms with Crippen molar-refractivity contribution in [1.29, 1.82) is 0 Å². The van der Waals surface area contributed by atoms with Gasteiger partial charge in [0.1, 0.15) is 5.60 Å². The number of piperidine rings is 1. The van der Waals surface area contributed by atoms with Crippen molar-refractivity contribution < 1.29 is 9.53 Å². The zero-order chi connectivity index (χ0) is 15.9. The summed E-state index contributed by atoms with van der Waals surface area (Å²) in [4.78, 5) is 18.3. The molecule has 0 bridgehead atoms. The molecule has 0 spiro atoms. The van der Waals surface area contributed by atoms with Crippen molar-refractivity contribution in [1.82, 2.24) is 15.2 Å². The van der Waals surface area contributed by atoms with Crippen LogP contribution in [0.4, 0.5) is 4.79 Å². The third-order valence-corrected chi connectivity index (χ3v) is 4.34. The van der Waals surface area contributed by atoms with Gasteiger partial charge in [-0.05, 0) is 51.2 Å². The molecular weight excluding hydrogens is 278 g/mol. The lowest BCUT2D eigenvalue weighted by Crippen LogP contribution is -2.39. The highest BCUT2D eigenvalue weighted by molar-refractivity contribution is 5.69. The van der Waals surface area contributed by atoms with Crippen molar-refractivity contribution in [2.24, 2.45) is 11.8 Å². The van der Waals surface area contributed by atoms with Crippen molar-refractivity contribution in [2.45, 2.75) is 45.9 Å². The monoisotopic (exact) mass is 303 g/mol. The molecule has 2 heterocycles. The van der Waals surface area contributed by atoms with Gasteiger partial charge in [0.2, 0.25) is 0 Å². The van der Waals surface area contributed by atoms with Crippen molar-refractivity contribution in [3.63, 3.8) is 0 Å². The van der Waals surface area contributed by atoms with Crippen LogP contribution >= 0.6 is 0 Å². The number of pyridine rings is 1. The Kier molecular flexibility index (Phi) is 3.85. The number of carbonyl (C=O) groups excluding carboxylic acids is 1. The molecule has 1 saturated carbocycles. The van der Waals surface area contributed by atoms with Crippen LogP contribution in [0, 0.1) is 18.8 Å². The number of ether oxygens (including phenoxy) is 1. The van der Waals surface area contributed by atoms with Gasteiger partial charge >= 0.3 is 6.09 Å². The summed E-state index contributed by atoms with van der Waals surface area (Å²) in [5, 5.41) is 3.56. The second-order valence-electron chi connectivity index (χ2n) is 7.45. The number of likely N-dealkylation sites (tertiary alicyclic amines) is 1. The Bertz CT molecular complexity index is 538. The summed E-state index contributed by atoms with van der Waals surface area (Å²) in [6.45, 7) is 10.2. The minimum absolute atomic E-state index is 0.182. The van der Waals surface area contributed by atoms with E-state index in [0.717, 1.165) is 25.3 Å². The Hall–Kier alpha value is -1.62. The SMILES string of the molecule is Cc1ccc(CNC2C3CN(C(=O)OC(C)(C)C)CC32)nc1. The average molecular weight is 303 g/mol. The number of nitrogens with one attached hydrogen (secondary N) is 1. The summed E-state index contributed by atoms with van der Waals surface area (Å²) in [5.41, 5.74) is 1.83. The molecule has 2 atom stereocenters. The predicted molar refractivity (Wildman–Crippen MR) is 84.4 cm³/mol. The molecule has 1 N–H and O–H groups in total. The summed E-state index contributed by atoms with van der Waals surface area (Å²) in [6.07, 6.45) is 1.72. The zero-order valence-electron chi connectivity index (χ0n) is 13.8. The Morgan fingerprint density at radius 2 is 2.05 bits per heavy atom.